The van der Waals surface area contributed by atoms with Gasteiger partial charge in [-0.3, -0.25) is 18.7 Å². The van der Waals surface area contributed by atoms with Gasteiger partial charge in [-0.15, -0.1) is 0 Å². The number of nitrogens with zero attached hydrogens (tertiary/aromatic N) is 2. The average Bonchev–Trinajstić information content (AvgIpc) is 2.68. The number of amides is 1. The van der Waals surface area contributed by atoms with E-state index in [1.807, 2.05) is 13.0 Å². The third kappa shape index (κ3) is 4.54. The molecular weight excluding hydrogens is 413 g/mol. The van der Waals surface area contributed by atoms with Crippen molar-refractivity contribution in [1.82, 2.24) is 14.5 Å². The molecule has 1 N–H and O–H groups in total. The van der Waals surface area contributed by atoms with E-state index in [-0.39, 0.29) is 30.6 Å². The van der Waals surface area contributed by atoms with E-state index in [2.05, 4.69) is 5.32 Å². The Hall–Kier alpha value is -2.57. The van der Waals surface area contributed by atoms with Gasteiger partial charge in [-0.25, -0.2) is 4.79 Å². The quantitative estimate of drug-likeness (QED) is 0.648. The summed E-state index contributed by atoms with van der Waals surface area (Å²) in [5.74, 6) is -0.323. The highest BCUT2D eigenvalue weighted by Crippen LogP contribution is 2.22. The van der Waals surface area contributed by atoms with Gasteiger partial charge in [0.05, 0.1) is 10.9 Å². The summed E-state index contributed by atoms with van der Waals surface area (Å²) in [6, 6.07) is 11.8. The lowest BCUT2D eigenvalue weighted by Gasteiger charge is -2.17. The van der Waals surface area contributed by atoms with Crippen LogP contribution in [0.1, 0.15) is 19.4 Å². The molecule has 2 aromatic carbocycles. The summed E-state index contributed by atoms with van der Waals surface area (Å²) in [5, 5.41) is 4.38. The van der Waals surface area contributed by atoms with Gasteiger partial charge in [0.1, 0.15) is 6.54 Å². The Labute approximate surface area is 177 Å². The summed E-state index contributed by atoms with van der Waals surface area (Å²) >= 11 is 12.1. The van der Waals surface area contributed by atoms with Crippen molar-refractivity contribution in [2.75, 3.05) is 0 Å². The molecule has 0 aliphatic carbocycles. The number of para-hydroxylation sites is 1. The van der Waals surface area contributed by atoms with Crippen molar-refractivity contribution >= 4 is 40.0 Å². The number of benzene rings is 2. The first kappa shape index (κ1) is 21.1. The molecule has 1 heterocycles. The first-order chi connectivity index (χ1) is 13.8. The van der Waals surface area contributed by atoms with Gasteiger partial charge in [-0.2, -0.15) is 0 Å². The third-order valence-electron chi connectivity index (χ3n) is 4.70. The molecule has 3 rings (SSSR count). The third-order valence-corrected chi connectivity index (χ3v) is 5.29. The molecule has 6 nitrogen and oxygen atoms in total. The number of carbonyl (C=O) groups excluding carboxylic acids is 1. The van der Waals surface area contributed by atoms with E-state index in [0.717, 1.165) is 10.1 Å². The minimum atomic E-state index is -0.500. The minimum Gasteiger partial charge on any atom is -0.352 e. The molecule has 8 heteroatoms. The SMILES string of the molecule is CCn1c(=O)c2ccccc2n(CC(=O)NC(C)Cc2ccc(Cl)cc2Cl)c1=O. The van der Waals surface area contributed by atoms with Crippen LogP contribution in [-0.4, -0.2) is 21.1 Å². The second-order valence-corrected chi connectivity index (χ2v) is 7.69. The number of aromatic nitrogens is 2. The minimum absolute atomic E-state index is 0.182. The molecule has 3 aromatic rings. The van der Waals surface area contributed by atoms with Crippen molar-refractivity contribution in [3.63, 3.8) is 0 Å². The van der Waals surface area contributed by atoms with Crippen LogP contribution in [0.3, 0.4) is 0 Å². The van der Waals surface area contributed by atoms with E-state index >= 15 is 0 Å². The van der Waals surface area contributed by atoms with E-state index in [1.165, 1.54) is 4.57 Å². The molecule has 0 radical (unpaired) electrons. The standard InChI is InChI=1S/C21H21Cl2N3O3/c1-3-25-20(28)16-6-4-5-7-18(16)26(21(25)29)12-19(27)24-13(2)10-14-8-9-15(22)11-17(14)23/h4-9,11,13H,3,10,12H2,1-2H3,(H,24,27). The lowest BCUT2D eigenvalue weighted by Crippen LogP contribution is -2.43. The molecule has 1 unspecified atom stereocenters. The van der Waals surface area contributed by atoms with E-state index < -0.39 is 5.69 Å². The van der Waals surface area contributed by atoms with Gasteiger partial charge in [-0.1, -0.05) is 41.4 Å². The molecule has 0 aliphatic rings. The Bertz CT molecular complexity index is 1180. The highest BCUT2D eigenvalue weighted by Gasteiger charge is 2.16. The number of nitrogens with one attached hydrogen (secondary N) is 1. The number of carbonyl (C=O) groups is 1. The maximum absolute atomic E-state index is 12.7. The number of hydrogen-bond acceptors (Lipinski definition) is 3. The van der Waals surface area contributed by atoms with Crippen LogP contribution in [0.2, 0.25) is 10.0 Å². The largest absolute Gasteiger partial charge is 0.352 e. The maximum atomic E-state index is 12.7. The first-order valence-electron chi connectivity index (χ1n) is 9.27. The van der Waals surface area contributed by atoms with Crippen LogP contribution in [0, 0.1) is 0 Å². The highest BCUT2D eigenvalue weighted by atomic mass is 35.5. The summed E-state index contributed by atoms with van der Waals surface area (Å²) in [4.78, 5) is 37.8. The Kier molecular flexibility index (Phi) is 6.45. The molecule has 29 heavy (non-hydrogen) atoms. The normalized spacial score (nSPS) is 12.1. The number of hydrogen-bond donors (Lipinski definition) is 1. The fourth-order valence-corrected chi connectivity index (χ4v) is 3.82. The molecule has 0 fully saturated rings. The van der Waals surface area contributed by atoms with Crippen LogP contribution >= 0.6 is 23.2 Å². The lowest BCUT2D eigenvalue weighted by atomic mass is 10.1. The molecule has 0 saturated heterocycles. The maximum Gasteiger partial charge on any atom is 0.331 e. The summed E-state index contributed by atoms with van der Waals surface area (Å²) < 4.78 is 2.46. The van der Waals surface area contributed by atoms with Crippen molar-refractivity contribution < 1.29 is 4.79 Å². The summed E-state index contributed by atoms with van der Waals surface area (Å²) in [5.41, 5.74) is 0.456. The van der Waals surface area contributed by atoms with E-state index in [0.29, 0.717) is 27.4 Å². The van der Waals surface area contributed by atoms with Crippen LogP contribution < -0.4 is 16.6 Å². The molecule has 0 aliphatic heterocycles. The topological polar surface area (TPSA) is 73.1 Å². The Morgan fingerprint density at radius 1 is 1.10 bits per heavy atom. The van der Waals surface area contributed by atoms with E-state index in [1.54, 1.807) is 43.3 Å². The second-order valence-electron chi connectivity index (χ2n) is 6.84. The molecule has 1 aromatic heterocycles. The lowest BCUT2D eigenvalue weighted by molar-refractivity contribution is -0.122. The highest BCUT2D eigenvalue weighted by molar-refractivity contribution is 6.35. The number of halogens is 2. The number of fused-ring (bicyclic) bond motifs is 1. The fraction of sp³-hybridized carbons (Fsp3) is 0.286. The zero-order valence-electron chi connectivity index (χ0n) is 16.1. The molecule has 1 amide bonds. The zero-order chi connectivity index (χ0) is 21.1. The Morgan fingerprint density at radius 2 is 1.83 bits per heavy atom. The summed E-state index contributed by atoms with van der Waals surface area (Å²) in [7, 11) is 0. The van der Waals surface area contributed by atoms with Crippen LogP contribution in [0.25, 0.3) is 10.9 Å². The Balaban J connectivity index is 1.83. The van der Waals surface area contributed by atoms with Crippen LogP contribution in [0.5, 0.6) is 0 Å². The van der Waals surface area contributed by atoms with Gasteiger partial charge >= 0.3 is 5.69 Å². The van der Waals surface area contributed by atoms with Crippen molar-refractivity contribution in [3.05, 3.63) is 78.9 Å². The second kappa shape index (κ2) is 8.84. The monoisotopic (exact) mass is 433 g/mol. The molecular formula is C21H21Cl2N3O3. The predicted molar refractivity (Wildman–Crippen MR) is 116 cm³/mol. The average molecular weight is 434 g/mol. The van der Waals surface area contributed by atoms with Crippen molar-refractivity contribution in [3.8, 4) is 0 Å². The Morgan fingerprint density at radius 3 is 2.52 bits per heavy atom. The van der Waals surface area contributed by atoms with Gasteiger partial charge < -0.3 is 5.32 Å². The fourth-order valence-electron chi connectivity index (χ4n) is 3.33. The van der Waals surface area contributed by atoms with Gasteiger partial charge in [0.15, 0.2) is 0 Å². The van der Waals surface area contributed by atoms with Gasteiger partial charge in [-0.05, 0) is 50.1 Å². The molecule has 0 spiro atoms. The summed E-state index contributed by atoms with van der Waals surface area (Å²) in [6.07, 6.45) is 0.520. The van der Waals surface area contributed by atoms with Crippen molar-refractivity contribution in [1.29, 1.82) is 0 Å². The van der Waals surface area contributed by atoms with E-state index in [4.69, 9.17) is 23.2 Å². The van der Waals surface area contributed by atoms with Crippen molar-refractivity contribution in [2.45, 2.75) is 39.4 Å². The zero-order valence-corrected chi connectivity index (χ0v) is 17.6. The predicted octanol–water partition coefficient (Wildman–Crippen LogP) is 3.24. The molecule has 0 bridgehead atoms. The van der Waals surface area contributed by atoms with Crippen LogP contribution in [0.15, 0.2) is 52.1 Å². The van der Waals surface area contributed by atoms with E-state index in [9.17, 15) is 14.4 Å². The molecule has 1 atom stereocenters. The van der Waals surface area contributed by atoms with Crippen LogP contribution in [-0.2, 0) is 24.3 Å². The first-order valence-corrected chi connectivity index (χ1v) is 10.0. The molecule has 152 valence electrons. The van der Waals surface area contributed by atoms with Gasteiger partial charge in [0.2, 0.25) is 5.91 Å². The smallest absolute Gasteiger partial charge is 0.331 e. The van der Waals surface area contributed by atoms with Crippen molar-refractivity contribution in [2.24, 2.45) is 0 Å². The van der Waals surface area contributed by atoms with Gasteiger partial charge in [0, 0.05) is 22.6 Å². The van der Waals surface area contributed by atoms with Crippen LogP contribution in [0.4, 0.5) is 0 Å². The molecule has 0 saturated carbocycles. The number of rotatable bonds is 6. The summed E-state index contributed by atoms with van der Waals surface area (Å²) in [6.45, 7) is 3.63. The van der Waals surface area contributed by atoms with Gasteiger partial charge in [0.25, 0.3) is 5.56 Å².